The van der Waals surface area contributed by atoms with Gasteiger partial charge in [0.15, 0.2) is 0 Å². The third-order valence-corrected chi connectivity index (χ3v) is 2.03. The van der Waals surface area contributed by atoms with Gasteiger partial charge in [0, 0.05) is 0 Å². The van der Waals surface area contributed by atoms with Gasteiger partial charge in [0.2, 0.25) is 0 Å². The molecule has 0 aliphatic carbocycles. The molecule has 2 aromatic carbocycles. The van der Waals surface area contributed by atoms with E-state index in [2.05, 4.69) is 15.0 Å². The van der Waals surface area contributed by atoms with Crippen molar-refractivity contribution in [3.63, 3.8) is 0 Å². The van der Waals surface area contributed by atoms with Crippen molar-refractivity contribution in [2.45, 2.75) is 0 Å². The zero-order valence-electron chi connectivity index (χ0n) is 8.91. The van der Waals surface area contributed by atoms with Crippen molar-refractivity contribution in [3.05, 3.63) is 54.6 Å². The summed E-state index contributed by atoms with van der Waals surface area (Å²) >= 11 is 0. The third kappa shape index (κ3) is 3.24. The topological polar surface area (TPSA) is 51.0 Å². The maximum atomic E-state index is 9.98. The Labute approximate surface area is 98.6 Å². The van der Waals surface area contributed by atoms with Crippen LogP contribution in [0.4, 0.5) is 11.4 Å². The summed E-state index contributed by atoms with van der Waals surface area (Å²) in [6.07, 6.45) is 0. The highest BCUT2D eigenvalue weighted by molar-refractivity contribution is 5.49. The van der Waals surface area contributed by atoms with Gasteiger partial charge in [0.25, 0.3) is 0 Å². The molecule has 0 fully saturated rings. The number of carbonyl (C=O) groups excluding carboxylic acids is 1. The zero-order valence-corrected chi connectivity index (χ0v) is 8.91. The molecule has 0 aliphatic rings. The van der Waals surface area contributed by atoms with E-state index in [0.29, 0.717) is 11.4 Å². The fourth-order valence-corrected chi connectivity index (χ4v) is 1.24. The van der Waals surface area contributed by atoms with Gasteiger partial charge >= 0.3 is 6.47 Å². The minimum Gasteiger partial charge on any atom is -0.418 e. The molecular weight excluding hydrogens is 216 g/mol. The van der Waals surface area contributed by atoms with Crippen LogP contribution in [-0.2, 0) is 4.79 Å². The van der Waals surface area contributed by atoms with E-state index in [1.165, 1.54) is 6.47 Å². The van der Waals surface area contributed by atoms with Gasteiger partial charge in [-0.3, -0.25) is 0 Å². The smallest absolute Gasteiger partial charge is 0.418 e. The number of hydrogen-bond acceptors (Lipinski definition) is 4. The van der Waals surface area contributed by atoms with E-state index in [4.69, 9.17) is 0 Å². The SMILES string of the molecule is O=[C]Oc1ccc(/N=N/c2ccccc2)cc1. The molecule has 0 heterocycles. The molecule has 0 atom stereocenters. The van der Waals surface area contributed by atoms with Crippen LogP contribution in [0.3, 0.4) is 0 Å². The largest absolute Gasteiger partial charge is 0.423 e. The molecule has 0 aliphatic heterocycles. The highest BCUT2D eigenvalue weighted by Crippen LogP contribution is 2.20. The number of nitrogens with zero attached hydrogens (tertiary/aromatic N) is 2. The van der Waals surface area contributed by atoms with Crippen molar-refractivity contribution < 1.29 is 9.53 Å². The molecule has 4 heteroatoms. The summed E-state index contributed by atoms with van der Waals surface area (Å²) < 4.78 is 4.55. The maximum absolute atomic E-state index is 9.98. The first-order valence-electron chi connectivity index (χ1n) is 4.99. The van der Waals surface area contributed by atoms with Crippen LogP contribution in [0.25, 0.3) is 0 Å². The first kappa shape index (κ1) is 11.0. The normalized spacial score (nSPS) is 10.4. The van der Waals surface area contributed by atoms with E-state index in [9.17, 15) is 4.79 Å². The first-order chi connectivity index (χ1) is 8.38. The summed E-state index contributed by atoms with van der Waals surface area (Å²) in [7, 11) is 0. The van der Waals surface area contributed by atoms with Crippen LogP contribution in [0, 0.1) is 0 Å². The number of benzene rings is 2. The molecule has 1 radical (unpaired) electrons. The van der Waals surface area contributed by atoms with Crippen molar-refractivity contribution in [3.8, 4) is 5.75 Å². The molecule has 2 aromatic rings. The van der Waals surface area contributed by atoms with Gasteiger partial charge in [-0.25, -0.2) is 4.79 Å². The summed E-state index contributed by atoms with van der Waals surface area (Å²) in [6.45, 7) is 1.36. The average Bonchev–Trinajstić information content (AvgIpc) is 2.40. The van der Waals surface area contributed by atoms with Crippen LogP contribution in [0.15, 0.2) is 64.8 Å². The number of rotatable bonds is 4. The second-order valence-electron chi connectivity index (χ2n) is 3.21. The van der Waals surface area contributed by atoms with E-state index >= 15 is 0 Å². The Balaban J connectivity index is 2.08. The number of azo groups is 1. The highest BCUT2D eigenvalue weighted by atomic mass is 16.5. The van der Waals surface area contributed by atoms with Gasteiger partial charge < -0.3 is 4.74 Å². The van der Waals surface area contributed by atoms with Crippen molar-refractivity contribution in [2.75, 3.05) is 0 Å². The lowest BCUT2D eigenvalue weighted by molar-refractivity contribution is 0.443. The van der Waals surface area contributed by atoms with E-state index in [0.717, 1.165) is 5.69 Å². The predicted molar refractivity (Wildman–Crippen MR) is 63.4 cm³/mol. The van der Waals surface area contributed by atoms with Gasteiger partial charge in [0.1, 0.15) is 5.75 Å². The predicted octanol–water partition coefficient (Wildman–Crippen LogP) is 3.55. The fraction of sp³-hybridized carbons (Fsp3) is 0. The summed E-state index contributed by atoms with van der Waals surface area (Å²) in [5.74, 6) is 0.429. The van der Waals surface area contributed by atoms with Crippen LogP contribution < -0.4 is 4.74 Å². The van der Waals surface area contributed by atoms with Crippen molar-refractivity contribution in [1.29, 1.82) is 0 Å². The lowest BCUT2D eigenvalue weighted by Crippen LogP contribution is -1.86. The number of hydrogen-bond donors (Lipinski definition) is 0. The third-order valence-electron chi connectivity index (χ3n) is 2.03. The minimum atomic E-state index is 0.429. The Morgan fingerprint density at radius 3 is 2.00 bits per heavy atom. The van der Waals surface area contributed by atoms with Gasteiger partial charge in [-0.1, -0.05) is 18.2 Å². The molecule has 0 aromatic heterocycles. The highest BCUT2D eigenvalue weighted by Gasteiger charge is 1.94. The first-order valence-corrected chi connectivity index (χ1v) is 4.99. The van der Waals surface area contributed by atoms with Crippen LogP contribution >= 0.6 is 0 Å². The van der Waals surface area contributed by atoms with Crippen LogP contribution in [0.1, 0.15) is 0 Å². The Kier molecular flexibility index (Phi) is 3.60. The molecular formula is C13H9N2O2. The van der Waals surface area contributed by atoms with Gasteiger partial charge in [-0.2, -0.15) is 10.2 Å². The van der Waals surface area contributed by atoms with E-state index < -0.39 is 0 Å². The van der Waals surface area contributed by atoms with Gasteiger partial charge in [0.05, 0.1) is 11.4 Å². The molecule has 2 rings (SSSR count). The average molecular weight is 225 g/mol. The molecule has 4 nitrogen and oxygen atoms in total. The molecule has 0 spiro atoms. The Hall–Kier alpha value is -2.49. The lowest BCUT2D eigenvalue weighted by atomic mass is 10.3. The molecule has 83 valence electrons. The van der Waals surface area contributed by atoms with E-state index in [-0.39, 0.29) is 0 Å². The quantitative estimate of drug-likeness (QED) is 0.747. The van der Waals surface area contributed by atoms with Crippen LogP contribution in [0.2, 0.25) is 0 Å². The Morgan fingerprint density at radius 2 is 1.41 bits per heavy atom. The van der Waals surface area contributed by atoms with E-state index in [1.54, 1.807) is 24.3 Å². The maximum Gasteiger partial charge on any atom is 0.423 e. The van der Waals surface area contributed by atoms with Crippen LogP contribution in [-0.4, -0.2) is 6.47 Å². The molecule has 17 heavy (non-hydrogen) atoms. The second kappa shape index (κ2) is 5.55. The lowest BCUT2D eigenvalue weighted by Gasteiger charge is -1.96. The summed E-state index contributed by atoms with van der Waals surface area (Å²) in [4.78, 5) is 9.98. The van der Waals surface area contributed by atoms with Crippen LogP contribution in [0.5, 0.6) is 5.75 Å². The Bertz CT molecular complexity index is 507. The van der Waals surface area contributed by atoms with Crippen molar-refractivity contribution in [1.82, 2.24) is 0 Å². The van der Waals surface area contributed by atoms with E-state index in [1.807, 2.05) is 30.3 Å². The van der Waals surface area contributed by atoms with Gasteiger partial charge in [-0.15, -0.1) is 0 Å². The Morgan fingerprint density at radius 1 is 0.824 bits per heavy atom. The van der Waals surface area contributed by atoms with Crippen molar-refractivity contribution in [2.24, 2.45) is 10.2 Å². The van der Waals surface area contributed by atoms with Crippen molar-refractivity contribution >= 4 is 17.8 Å². The molecule has 0 amide bonds. The molecule has 0 unspecified atom stereocenters. The zero-order chi connectivity index (χ0) is 11.9. The monoisotopic (exact) mass is 225 g/mol. The molecule has 0 N–H and O–H groups in total. The molecule has 0 saturated carbocycles. The molecule has 0 saturated heterocycles. The summed E-state index contributed by atoms with van der Waals surface area (Å²) in [5.41, 5.74) is 1.47. The second-order valence-corrected chi connectivity index (χ2v) is 3.21. The summed E-state index contributed by atoms with van der Waals surface area (Å²) in [5, 5.41) is 8.11. The standard InChI is InChI=1S/C13H9N2O2/c16-10-17-13-8-6-12(7-9-13)15-14-11-4-2-1-3-5-11/h1-9H/b15-14+. The fourth-order valence-electron chi connectivity index (χ4n) is 1.24. The molecule has 0 bridgehead atoms. The minimum absolute atomic E-state index is 0.429. The van der Waals surface area contributed by atoms with Gasteiger partial charge in [-0.05, 0) is 36.4 Å². The number of ether oxygens (including phenoxy) is 1. The summed E-state index contributed by atoms with van der Waals surface area (Å²) in [6, 6.07) is 16.1.